The van der Waals surface area contributed by atoms with E-state index in [1.165, 1.54) is 0 Å². The summed E-state index contributed by atoms with van der Waals surface area (Å²) < 4.78 is 0. The lowest BCUT2D eigenvalue weighted by atomic mass is 10.1. The molecule has 0 spiro atoms. The molecule has 0 bridgehead atoms. The summed E-state index contributed by atoms with van der Waals surface area (Å²) in [7, 11) is 0. The van der Waals surface area contributed by atoms with Crippen molar-refractivity contribution in [2.24, 2.45) is 28.7 Å². The molecule has 0 amide bonds. The Morgan fingerprint density at radius 3 is 1.71 bits per heavy atom. The normalized spacial score (nSPS) is 12.5. The van der Waals surface area contributed by atoms with E-state index in [0.717, 1.165) is 18.4 Å². The van der Waals surface area contributed by atoms with Gasteiger partial charge in [-0.2, -0.15) is 0 Å². The summed E-state index contributed by atoms with van der Waals surface area (Å²) in [6, 6.07) is 7.01. The minimum absolute atomic E-state index is 0.112. The van der Waals surface area contributed by atoms with Crippen LogP contribution in [0.3, 0.4) is 0 Å². The monoisotopic (exact) mass is 485 g/mol. The van der Waals surface area contributed by atoms with Crippen LogP contribution in [0.25, 0.3) is 0 Å². The number of unbranched alkanes of at least 4 members (excludes halogenated alkanes) is 1. The van der Waals surface area contributed by atoms with Crippen molar-refractivity contribution in [1.82, 2.24) is 5.32 Å². The van der Waals surface area contributed by atoms with Crippen LogP contribution in [0.4, 0.5) is 0 Å². The molecule has 1 rings (SSSR count). The van der Waals surface area contributed by atoms with E-state index in [0.29, 0.717) is 38.8 Å². The summed E-state index contributed by atoms with van der Waals surface area (Å²) in [5, 5.41) is 34.6. The Labute approximate surface area is 199 Å². The highest BCUT2D eigenvalue weighted by atomic mass is 16.4. The van der Waals surface area contributed by atoms with Crippen molar-refractivity contribution in [3.05, 3.63) is 35.9 Å². The summed E-state index contributed by atoms with van der Waals surface area (Å²) in [4.78, 5) is 30.7. The number of carboxylic acid groups (broad SMARTS) is 3. The molecule has 0 saturated heterocycles. The summed E-state index contributed by atoms with van der Waals surface area (Å²) in [5.41, 5.74) is 26.9. The lowest BCUT2D eigenvalue weighted by molar-refractivity contribution is -0.139. The first kappa shape index (κ1) is 32.9. The first-order valence-corrected chi connectivity index (χ1v) is 10.7. The van der Waals surface area contributed by atoms with Crippen molar-refractivity contribution in [3.63, 3.8) is 0 Å². The molecule has 0 heterocycles. The fourth-order valence-corrected chi connectivity index (χ4v) is 2.26. The molecule has 0 saturated carbocycles. The third kappa shape index (κ3) is 20.6. The Morgan fingerprint density at radius 1 is 0.824 bits per heavy atom. The van der Waals surface area contributed by atoms with Gasteiger partial charge in [0.05, 0.1) is 0 Å². The highest BCUT2D eigenvalue weighted by Gasteiger charge is 2.11. The Hall–Kier alpha value is -3.26. The molecule has 15 N–H and O–H groups in total. The lowest BCUT2D eigenvalue weighted by Crippen LogP contribution is -2.34. The standard InChI is InChI=1S/C9H11NO2.C6H14N4O2.C6H14N2O2/c10-8(9(11)12)6-7-4-2-1-3-5-7;7-4(5(11)12)2-1-3-10-6(8)9;7-4-2-1-3-5(8)6(9)10/h1-5,8H,6,10H2,(H,11,12);4H,1-3,7H2,(H,11,12)(H4,8,9,10);5H,1-4,7-8H2,(H,9,10)/t8-;4-;5-/m000/s1. The average molecular weight is 486 g/mol. The molecular weight excluding hydrogens is 446 g/mol. The molecule has 3 atom stereocenters. The van der Waals surface area contributed by atoms with Crippen LogP contribution >= 0.6 is 0 Å². The van der Waals surface area contributed by atoms with Gasteiger partial charge in [-0.15, -0.1) is 0 Å². The summed E-state index contributed by atoms with van der Waals surface area (Å²) in [5.74, 6) is -3.01. The van der Waals surface area contributed by atoms with Crippen molar-refractivity contribution in [1.29, 1.82) is 5.41 Å². The highest BCUT2D eigenvalue weighted by molar-refractivity contribution is 5.74. The molecule has 0 aliphatic rings. The molecule has 13 nitrogen and oxygen atoms in total. The van der Waals surface area contributed by atoms with E-state index in [-0.39, 0.29) is 5.96 Å². The van der Waals surface area contributed by atoms with Gasteiger partial charge in [-0.05, 0) is 44.2 Å². The van der Waals surface area contributed by atoms with Gasteiger partial charge >= 0.3 is 17.9 Å². The molecular formula is C21H39N7O6. The fourth-order valence-electron chi connectivity index (χ4n) is 2.26. The van der Waals surface area contributed by atoms with Gasteiger partial charge in [0, 0.05) is 6.54 Å². The quantitative estimate of drug-likeness (QED) is 0.0898. The van der Waals surface area contributed by atoms with Crippen molar-refractivity contribution < 1.29 is 29.7 Å². The topological polar surface area (TPSA) is 278 Å². The van der Waals surface area contributed by atoms with Gasteiger partial charge < -0.3 is 49.3 Å². The van der Waals surface area contributed by atoms with Gasteiger partial charge in [0.2, 0.25) is 0 Å². The molecule has 0 aliphatic carbocycles. The zero-order valence-corrected chi connectivity index (χ0v) is 19.2. The van der Waals surface area contributed by atoms with E-state index < -0.39 is 36.0 Å². The van der Waals surface area contributed by atoms with Crippen LogP contribution in [0.2, 0.25) is 0 Å². The average Bonchev–Trinajstić information content (AvgIpc) is 2.77. The zero-order valence-electron chi connectivity index (χ0n) is 19.2. The number of carboxylic acids is 3. The second-order valence-corrected chi connectivity index (χ2v) is 7.29. The number of carbonyl (C=O) groups is 3. The minimum Gasteiger partial charge on any atom is -0.480 e. The Balaban J connectivity index is 0. The van der Waals surface area contributed by atoms with Gasteiger partial charge in [0.15, 0.2) is 5.96 Å². The van der Waals surface area contributed by atoms with Crippen LogP contribution in [0.5, 0.6) is 0 Å². The molecule has 1 aromatic carbocycles. The van der Waals surface area contributed by atoms with Crippen LogP contribution in [0.1, 0.15) is 37.7 Å². The molecule has 0 fully saturated rings. The Kier molecular flexibility index (Phi) is 19.7. The van der Waals surface area contributed by atoms with E-state index in [4.69, 9.17) is 49.4 Å². The van der Waals surface area contributed by atoms with Crippen molar-refractivity contribution in [2.45, 2.75) is 56.7 Å². The van der Waals surface area contributed by atoms with Gasteiger partial charge in [-0.3, -0.25) is 19.8 Å². The van der Waals surface area contributed by atoms with E-state index in [1.807, 2.05) is 30.3 Å². The SMILES string of the molecule is N=C(N)NCCC[C@H](N)C(=O)O.NCCCC[C@H](N)C(=O)O.N[C@@H](Cc1ccccc1)C(=O)O. The second-order valence-electron chi connectivity index (χ2n) is 7.29. The predicted octanol–water partition coefficient (Wildman–Crippen LogP) is -1.17. The third-order valence-corrected chi connectivity index (χ3v) is 4.23. The van der Waals surface area contributed by atoms with Crippen LogP contribution in [0.15, 0.2) is 30.3 Å². The number of hydrogen-bond donors (Lipinski definition) is 10. The number of nitrogens with one attached hydrogen (secondary N) is 2. The highest BCUT2D eigenvalue weighted by Crippen LogP contribution is 2.01. The van der Waals surface area contributed by atoms with Crippen LogP contribution in [-0.4, -0.2) is 70.4 Å². The molecule has 0 radical (unpaired) electrons. The number of rotatable bonds is 13. The maximum absolute atomic E-state index is 10.4. The summed E-state index contributed by atoms with van der Waals surface area (Å²) >= 11 is 0. The van der Waals surface area contributed by atoms with E-state index in [9.17, 15) is 14.4 Å². The molecule has 0 aromatic heterocycles. The zero-order chi connectivity index (χ0) is 26.5. The van der Waals surface area contributed by atoms with E-state index in [2.05, 4.69) is 5.32 Å². The van der Waals surface area contributed by atoms with Crippen molar-refractivity contribution in [2.75, 3.05) is 13.1 Å². The van der Waals surface area contributed by atoms with Crippen LogP contribution in [-0.2, 0) is 20.8 Å². The summed E-state index contributed by atoms with van der Waals surface area (Å²) in [6.07, 6.45) is 3.52. The first-order chi connectivity index (χ1) is 15.9. The molecule has 0 aliphatic heterocycles. The van der Waals surface area contributed by atoms with Gasteiger partial charge in [0.1, 0.15) is 18.1 Å². The molecule has 13 heteroatoms. The Bertz CT molecular complexity index is 721. The van der Waals surface area contributed by atoms with Crippen molar-refractivity contribution >= 4 is 23.9 Å². The third-order valence-electron chi connectivity index (χ3n) is 4.23. The second kappa shape index (κ2) is 20.4. The van der Waals surface area contributed by atoms with Crippen LogP contribution in [0, 0.1) is 5.41 Å². The smallest absolute Gasteiger partial charge is 0.320 e. The minimum atomic E-state index is -1.00. The van der Waals surface area contributed by atoms with E-state index >= 15 is 0 Å². The van der Waals surface area contributed by atoms with Crippen LogP contribution < -0.4 is 34.0 Å². The fraction of sp³-hybridized carbons (Fsp3) is 0.524. The predicted molar refractivity (Wildman–Crippen MR) is 129 cm³/mol. The molecule has 194 valence electrons. The number of benzene rings is 1. The van der Waals surface area contributed by atoms with Gasteiger partial charge in [0.25, 0.3) is 0 Å². The number of guanidine groups is 1. The maximum Gasteiger partial charge on any atom is 0.320 e. The van der Waals surface area contributed by atoms with E-state index in [1.54, 1.807) is 0 Å². The lowest BCUT2D eigenvalue weighted by Gasteiger charge is -2.06. The molecule has 0 unspecified atom stereocenters. The number of aliphatic carboxylic acids is 3. The maximum atomic E-state index is 10.4. The summed E-state index contributed by atoms with van der Waals surface area (Å²) in [6.45, 7) is 1.09. The van der Waals surface area contributed by atoms with Gasteiger partial charge in [-0.1, -0.05) is 36.8 Å². The first-order valence-electron chi connectivity index (χ1n) is 10.7. The molecule has 1 aromatic rings. The largest absolute Gasteiger partial charge is 0.480 e. The molecule has 34 heavy (non-hydrogen) atoms. The number of hydrogen-bond acceptors (Lipinski definition) is 8. The van der Waals surface area contributed by atoms with Gasteiger partial charge in [-0.25, -0.2) is 0 Å². The Morgan fingerprint density at radius 2 is 1.29 bits per heavy atom. The van der Waals surface area contributed by atoms with Crippen molar-refractivity contribution in [3.8, 4) is 0 Å². The number of nitrogens with two attached hydrogens (primary N) is 5.